The van der Waals surface area contributed by atoms with Crippen LogP contribution in [0.1, 0.15) is 64.1 Å². The average molecular weight is 439 g/mol. The van der Waals surface area contributed by atoms with Gasteiger partial charge in [0.05, 0.1) is 11.0 Å². The van der Waals surface area contributed by atoms with Gasteiger partial charge in [0.15, 0.2) is 0 Å². The van der Waals surface area contributed by atoms with Crippen LogP contribution in [-0.2, 0) is 9.53 Å². The van der Waals surface area contributed by atoms with Crippen LogP contribution in [0.5, 0.6) is 0 Å². The van der Waals surface area contributed by atoms with Crippen molar-refractivity contribution in [3.8, 4) is 0 Å². The summed E-state index contributed by atoms with van der Waals surface area (Å²) in [6.45, 7) is 8.66. The highest BCUT2D eigenvalue weighted by Gasteiger charge is 2.62. The molecule has 2 heterocycles. The molecule has 0 aromatic carbocycles. The van der Waals surface area contributed by atoms with E-state index < -0.39 is 13.7 Å². The smallest absolute Gasteiger partial charge is 0.339 e. The summed E-state index contributed by atoms with van der Waals surface area (Å²) in [7, 11) is -1.60. The first kappa shape index (κ1) is 20.0. The third kappa shape index (κ3) is 2.85. The second kappa shape index (κ2) is 6.25. The molecule has 7 rings (SSSR count). The Kier molecular flexibility index (Phi) is 4.04. The summed E-state index contributed by atoms with van der Waals surface area (Å²) >= 11 is 0. The molecule has 31 heavy (non-hydrogen) atoms. The number of hydrogen-bond acceptors (Lipinski definition) is 4. The summed E-state index contributed by atoms with van der Waals surface area (Å²) in [6, 6.07) is 4.11. The van der Waals surface area contributed by atoms with Gasteiger partial charge in [0.2, 0.25) is 0 Å². The fraction of sp³-hybridized carbons (Fsp3) is 0.654. The molecule has 1 aliphatic heterocycles. The number of ether oxygens (including phenoxy) is 1. The molecule has 5 heteroatoms. The van der Waals surface area contributed by atoms with Crippen molar-refractivity contribution in [2.24, 2.45) is 23.2 Å². The molecule has 0 radical (unpaired) electrons. The lowest BCUT2D eigenvalue weighted by Gasteiger charge is -2.63. The van der Waals surface area contributed by atoms with Gasteiger partial charge in [-0.15, -0.1) is 0 Å². The van der Waals surface area contributed by atoms with Gasteiger partial charge in [0.25, 0.3) is 0 Å². The Balaban J connectivity index is 1.46. The van der Waals surface area contributed by atoms with Crippen molar-refractivity contribution in [3.63, 3.8) is 0 Å². The number of hydrogen-bond donors (Lipinski definition) is 1. The van der Waals surface area contributed by atoms with E-state index in [9.17, 15) is 9.90 Å². The fourth-order valence-electron chi connectivity index (χ4n) is 7.87. The number of carbonyl (C=O) groups excluding carboxylic acids is 1. The van der Waals surface area contributed by atoms with E-state index >= 15 is 0 Å². The molecule has 166 valence electrons. The highest BCUT2D eigenvalue weighted by molar-refractivity contribution is 6.87. The number of fused-ring (bicyclic) bond motifs is 1. The van der Waals surface area contributed by atoms with Crippen LogP contribution in [0.2, 0.25) is 19.6 Å². The molecular weight excluding hydrogens is 404 g/mol. The first-order valence-electron chi connectivity index (χ1n) is 12.1. The Morgan fingerprint density at radius 2 is 1.55 bits per heavy atom. The lowest BCUT2D eigenvalue weighted by Crippen LogP contribution is -2.59. The largest absolute Gasteiger partial charge is 0.466 e. The van der Waals surface area contributed by atoms with E-state index in [1.54, 1.807) is 0 Å². The van der Waals surface area contributed by atoms with E-state index in [0.717, 1.165) is 59.3 Å². The zero-order valence-corrected chi connectivity index (χ0v) is 20.2. The maximum Gasteiger partial charge on any atom is 0.339 e. The number of aliphatic hydroxyl groups is 1. The predicted molar refractivity (Wildman–Crippen MR) is 122 cm³/mol. The molecule has 1 aromatic heterocycles. The zero-order valence-electron chi connectivity index (χ0n) is 19.2. The molecule has 6 aliphatic rings. The van der Waals surface area contributed by atoms with Crippen molar-refractivity contribution in [1.82, 2.24) is 0 Å². The molecule has 0 spiro atoms. The van der Waals surface area contributed by atoms with Gasteiger partial charge in [-0.05, 0) is 75.3 Å². The van der Waals surface area contributed by atoms with Crippen LogP contribution in [0.4, 0.5) is 0 Å². The average Bonchev–Trinajstić information content (AvgIpc) is 3.27. The standard InChI is InChI=1S/C26H34O4Si/c1-15-19-13-26(28,25-10-16-7-17(11-25)9-18(8-16)12-25)14-20(23(19)30-24(15)27)21-5-6-22(29-21)31(2,3)4/h5-6,16-18,28H,7-14H2,1-4H3. The Morgan fingerprint density at radius 3 is 2.10 bits per heavy atom. The van der Waals surface area contributed by atoms with E-state index in [1.165, 1.54) is 19.3 Å². The molecule has 1 aromatic rings. The molecule has 4 fully saturated rings. The molecule has 0 saturated heterocycles. The SMILES string of the molecule is CC1=C2CC(O)(C34CC5CC(CC(C5)C3)C4)CC(c3ccc([Si](C)(C)C)o3)=C2OC1=O. The van der Waals surface area contributed by atoms with Crippen LogP contribution in [0.15, 0.2) is 33.5 Å². The highest BCUT2D eigenvalue weighted by Crippen LogP contribution is 2.67. The van der Waals surface area contributed by atoms with Crippen molar-refractivity contribution in [2.45, 2.75) is 83.5 Å². The minimum Gasteiger partial charge on any atom is -0.466 e. The first-order chi connectivity index (χ1) is 14.6. The first-order valence-corrected chi connectivity index (χ1v) is 15.6. The Labute approximate surface area is 185 Å². The summed E-state index contributed by atoms with van der Waals surface area (Å²) in [5, 5.41) is 13.5. The summed E-state index contributed by atoms with van der Waals surface area (Å²) in [6.07, 6.45) is 8.53. The molecule has 5 aliphatic carbocycles. The van der Waals surface area contributed by atoms with E-state index in [-0.39, 0.29) is 11.4 Å². The van der Waals surface area contributed by atoms with Gasteiger partial charge < -0.3 is 14.3 Å². The van der Waals surface area contributed by atoms with Crippen LogP contribution in [0.25, 0.3) is 5.57 Å². The Morgan fingerprint density at radius 1 is 0.968 bits per heavy atom. The monoisotopic (exact) mass is 438 g/mol. The maximum absolute atomic E-state index is 12.5. The molecule has 0 amide bonds. The van der Waals surface area contributed by atoms with E-state index in [1.807, 2.05) is 13.0 Å². The lowest BCUT2D eigenvalue weighted by molar-refractivity contribution is -0.177. The van der Waals surface area contributed by atoms with Gasteiger partial charge in [-0.2, -0.15) is 0 Å². The van der Waals surface area contributed by atoms with Crippen LogP contribution in [0, 0.1) is 23.2 Å². The number of carbonyl (C=O) groups is 1. The van der Waals surface area contributed by atoms with Gasteiger partial charge >= 0.3 is 5.97 Å². The summed E-state index contributed by atoms with van der Waals surface area (Å²) in [4.78, 5) is 12.5. The molecule has 4 nitrogen and oxygen atoms in total. The van der Waals surface area contributed by atoms with Crippen molar-refractivity contribution in [3.05, 3.63) is 34.8 Å². The highest BCUT2D eigenvalue weighted by atomic mass is 28.3. The second-order valence-electron chi connectivity index (χ2n) is 12.3. The van der Waals surface area contributed by atoms with E-state index in [0.29, 0.717) is 24.2 Å². The van der Waals surface area contributed by atoms with Gasteiger partial charge in [-0.1, -0.05) is 19.6 Å². The van der Waals surface area contributed by atoms with Crippen LogP contribution in [0.3, 0.4) is 0 Å². The van der Waals surface area contributed by atoms with E-state index in [4.69, 9.17) is 9.15 Å². The van der Waals surface area contributed by atoms with Crippen molar-refractivity contribution in [1.29, 1.82) is 0 Å². The van der Waals surface area contributed by atoms with Gasteiger partial charge in [0.1, 0.15) is 19.6 Å². The Bertz CT molecular complexity index is 1000. The molecular formula is C26H34O4Si. The van der Waals surface area contributed by atoms with Gasteiger partial charge in [-0.25, -0.2) is 4.79 Å². The Hall–Kier alpha value is -1.59. The molecule has 1 N–H and O–H groups in total. The van der Waals surface area contributed by atoms with Crippen molar-refractivity contribution < 1.29 is 19.1 Å². The summed E-state index contributed by atoms with van der Waals surface area (Å²) < 4.78 is 12.1. The van der Waals surface area contributed by atoms with Gasteiger partial charge in [0, 0.05) is 35.0 Å². The van der Waals surface area contributed by atoms with Crippen LogP contribution >= 0.6 is 0 Å². The van der Waals surface area contributed by atoms with Crippen LogP contribution < -0.4 is 5.38 Å². The molecule has 1 unspecified atom stereocenters. The topological polar surface area (TPSA) is 59.7 Å². The molecule has 1 atom stereocenters. The van der Waals surface area contributed by atoms with Crippen molar-refractivity contribution >= 4 is 25.0 Å². The third-order valence-corrected chi connectivity index (χ3v) is 10.9. The fourth-order valence-corrected chi connectivity index (χ4v) is 8.87. The zero-order chi connectivity index (χ0) is 21.8. The second-order valence-corrected chi connectivity index (χ2v) is 17.3. The summed E-state index contributed by atoms with van der Waals surface area (Å²) in [5.41, 5.74) is 1.60. The van der Waals surface area contributed by atoms with Crippen molar-refractivity contribution in [2.75, 3.05) is 0 Å². The maximum atomic E-state index is 12.5. The van der Waals surface area contributed by atoms with Gasteiger partial charge in [-0.3, -0.25) is 0 Å². The normalized spacial score (nSPS) is 39.4. The molecule has 4 bridgehead atoms. The number of furan rings is 1. The number of esters is 1. The lowest BCUT2D eigenvalue weighted by atomic mass is 9.43. The summed E-state index contributed by atoms with van der Waals surface area (Å²) in [5.74, 6) is 3.46. The molecule has 4 saturated carbocycles. The quantitative estimate of drug-likeness (QED) is 0.524. The minimum atomic E-state index is -1.60. The number of rotatable bonds is 3. The minimum absolute atomic E-state index is 0.0361. The van der Waals surface area contributed by atoms with E-state index in [2.05, 4.69) is 25.7 Å². The third-order valence-electron chi connectivity index (χ3n) is 9.11. The number of allylic oxidation sites excluding steroid dienone is 1. The predicted octanol–water partition coefficient (Wildman–Crippen LogP) is 5.15. The van der Waals surface area contributed by atoms with Crippen LogP contribution in [-0.4, -0.2) is 24.8 Å².